The molecular formula is C7H9NO3Si. The number of hydrogen-bond acceptors (Lipinski definition) is 3. The molecule has 2 aliphatic rings. The summed E-state index contributed by atoms with van der Waals surface area (Å²) >= 11 is 0. The van der Waals surface area contributed by atoms with Crippen LogP contribution in [0.3, 0.4) is 0 Å². The monoisotopic (exact) mass is 183 g/mol. The maximum atomic E-state index is 11.4. The van der Waals surface area contributed by atoms with Crippen molar-refractivity contribution in [1.29, 1.82) is 0 Å². The highest BCUT2D eigenvalue weighted by atomic mass is 28.2. The Morgan fingerprint density at radius 3 is 2.83 bits per heavy atom. The van der Waals surface area contributed by atoms with Crippen LogP contribution in [0.5, 0.6) is 0 Å². The molecule has 2 amide bonds. The smallest absolute Gasteiger partial charge is 0.265 e. The molecule has 4 nitrogen and oxygen atoms in total. The third-order valence-electron chi connectivity index (χ3n) is 2.19. The summed E-state index contributed by atoms with van der Waals surface area (Å²) in [5.41, 5.74) is 0.825. The van der Waals surface area contributed by atoms with Crippen LogP contribution in [0.4, 0.5) is 0 Å². The first kappa shape index (κ1) is 7.69. The molecule has 0 saturated carbocycles. The number of fused-ring (bicyclic) bond motifs is 1. The number of rotatable bonds is 1. The van der Waals surface area contributed by atoms with Crippen molar-refractivity contribution in [2.75, 3.05) is 0 Å². The largest absolute Gasteiger partial charge is 0.413 e. The Balaban J connectivity index is 2.31. The molecular weight excluding hydrogens is 174 g/mol. The molecule has 1 saturated heterocycles. The van der Waals surface area contributed by atoms with E-state index in [2.05, 4.69) is 0 Å². The molecule has 1 fully saturated rings. The number of allylic oxidation sites excluding steroid dienone is 1. The third-order valence-corrected chi connectivity index (χ3v) is 2.70. The number of imide groups is 1. The molecule has 0 aromatic heterocycles. The second-order valence-electron chi connectivity index (χ2n) is 2.88. The van der Waals surface area contributed by atoms with Crippen molar-refractivity contribution in [3.05, 3.63) is 11.8 Å². The summed E-state index contributed by atoms with van der Waals surface area (Å²) in [6.45, 7) is 0. The molecule has 2 aliphatic heterocycles. The number of nitrogens with zero attached hydrogens (tertiary/aromatic N) is 1. The van der Waals surface area contributed by atoms with Crippen molar-refractivity contribution in [3.63, 3.8) is 0 Å². The predicted molar refractivity (Wildman–Crippen MR) is 44.0 cm³/mol. The van der Waals surface area contributed by atoms with Crippen LogP contribution in [0.2, 0.25) is 0 Å². The summed E-state index contributed by atoms with van der Waals surface area (Å²) in [6, 6.07) is 0. The Bertz CT molecular complexity index is 286. The lowest BCUT2D eigenvalue weighted by Crippen LogP contribution is -2.33. The van der Waals surface area contributed by atoms with Gasteiger partial charge in [0, 0.05) is 12.1 Å². The summed E-state index contributed by atoms with van der Waals surface area (Å²) in [4.78, 5) is 23.8. The van der Waals surface area contributed by atoms with E-state index in [9.17, 15) is 9.59 Å². The van der Waals surface area contributed by atoms with E-state index in [1.807, 2.05) is 0 Å². The molecule has 0 aliphatic carbocycles. The van der Waals surface area contributed by atoms with Gasteiger partial charge in [-0.05, 0) is 12.5 Å². The highest BCUT2D eigenvalue weighted by Crippen LogP contribution is 2.29. The Hall–Kier alpha value is -0.943. The van der Waals surface area contributed by atoms with Crippen molar-refractivity contribution in [1.82, 2.24) is 4.90 Å². The Morgan fingerprint density at radius 2 is 2.25 bits per heavy atom. The summed E-state index contributed by atoms with van der Waals surface area (Å²) in [5.74, 6) is -0.296. The average Bonchev–Trinajstić information content (AvgIpc) is 2.55. The second-order valence-corrected chi connectivity index (χ2v) is 3.35. The van der Waals surface area contributed by atoms with E-state index in [1.54, 1.807) is 6.08 Å². The average molecular weight is 183 g/mol. The molecule has 2 rings (SSSR count). The van der Waals surface area contributed by atoms with E-state index in [-0.39, 0.29) is 11.8 Å². The lowest BCUT2D eigenvalue weighted by atomic mass is 10.2. The number of carbonyl (C=O) groups is 2. The minimum absolute atomic E-state index is 0.0903. The van der Waals surface area contributed by atoms with E-state index in [0.29, 0.717) is 23.3 Å². The van der Waals surface area contributed by atoms with Crippen LogP contribution in [0.15, 0.2) is 11.8 Å². The molecule has 0 bridgehead atoms. The molecule has 0 spiro atoms. The van der Waals surface area contributed by atoms with E-state index in [4.69, 9.17) is 4.43 Å². The van der Waals surface area contributed by atoms with E-state index in [0.717, 1.165) is 5.70 Å². The topological polar surface area (TPSA) is 46.6 Å². The van der Waals surface area contributed by atoms with Gasteiger partial charge in [-0.25, -0.2) is 0 Å². The van der Waals surface area contributed by atoms with E-state index >= 15 is 0 Å². The van der Waals surface area contributed by atoms with Gasteiger partial charge in [-0.3, -0.25) is 14.5 Å². The first-order valence-electron chi connectivity index (χ1n) is 3.84. The Kier molecular flexibility index (Phi) is 1.62. The quantitative estimate of drug-likeness (QED) is 0.375. The van der Waals surface area contributed by atoms with Crippen molar-refractivity contribution in [2.45, 2.75) is 18.9 Å². The fourth-order valence-corrected chi connectivity index (χ4v) is 1.92. The summed E-state index contributed by atoms with van der Waals surface area (Å²) < 4.78 is 5.03. The predicted octanol–water partition coefficient (Wildman–Crippen LogP) is -1.30. The number of hydrogen-bond donors (Lipinski definition) is 0. The molecule has 0 aromatic carbocycles. The molecule has 1 unspecified atom stereocenters. The van der Waals surface area contributed by atoms with Gasteiger partial charge in [-0.15, -0.1) is 0 Å². The maximum absolute atomic E-state index is 11.4. The van der Waals surface area contributed by atoms with Crippen molar-refractivity contribution in [2.24, 2.45) is 0 Å². The molecule has 0 radical (unpaired) electrons. The summed E-state index contributed by atoms with van der Waals surface area (Å²) in [7, 11) is 0.519. The van der Waals surface area contributed by atoms with Gasteiger partial charge in [0.1, 0.15) is 16.6 Å². The highest BCUT2D eigenvalue weighted by Gasteiger charge is 2.40. The minimum atomic E-state index is -0.476. The Morgan fingerprint density at radius 1 is 1.50 bits per heavy atom. The summed E-state index contributed by atoms with van der Waals surface area (Å²) in [5, 5.41) is 0. The van der Waals surface area contributed by atoms with Gasteiger partial charge in [0.15, 0.2) is 0 Å². The van der Waals surface area contributed by atoms with Crippen LogP contribution in [0.25, 0.3) is 0 Å². The molecule has 2 heterocycles. The third kappa shape index (κ3) is 0.866. The Labute approximate surface area is 72.7 Å². The minimum Gasteiger partial charge on any atom is -0.413 e. The van der Waals surface area contributed by atoms with Gasteiger partial charge in [0.2, 0.25) is 5.91 Å². The van der Waals surface area contributed by atoms with Crippen LogP contribution >= 0.6 is 0 Å². The fraction of sp³-hybridized carbons (Fsp3) is 0.429. The van der Waals surface area contributed by atoms with Gasteiger partial charge < -0.3 is 4.43 Å². The highest BCUT2D eigenvalue weighted by molar-refractivity contribution is 6.07. The standard InChI is InChI=1S/C7H9NO3Si/c9-6-2-1-4-3-5(11-12)7(10)8(4)6/h3,5H,1-2H2,12H3. The van der Waals surface area contributed by atoms with Crippen molar-refractivity contribution < 1.29 is 14.0 Å². The van der Waals surface area contributed by atoms with E-state index < -0.39 is 6.10 Å². The zero-order valence-electron chi connectivity index (χ0n) is 6.74. The lowest BCUT2D eigenvalue weighted by Gasteiger charge is -2.10. The molecule has 5 heteroatoms. The van der Waals surface area contributed by atoms with Gasteiger partial charge in [0.25, 0.3) is 5.91 Å². The van der Waals surface area contributed by atoms with Gasteiger partial charge in [0.05, 0.1) is 0 Å². The first-order valence-corrected chi connectivity index (χ1v) is 4.66. The number of amides is 2. The van der Waals surface area contributed by atoms with Gasteiger partial charge in [-0.2, -0.15) is 0 Å². The van der Waals surface area contributed by atoms with E-state index in [1.165, 1.54) is 4.90 Å². The maximum Gasteiger partial charge on any atom is 0.265 e. The van der Waals surface area contributed by atoms with Crippen molar-refractivity contribution in [3.8, 4) is 0 Å². The van der Waals surface area contributed by atoms with Crippen LogP contribution in [-0.2, 0) is 14.0 Å². The second kappa shape index (κ2) is 2.53. The molecule has 0 aromatic rings. The van der Waals surface area contributed by atoms with Crippen LogP contribution < -0.4 is 0 Å². The normalized spacial score (nSPS) is 28.2. The lowest BCUT2D eigenvalue weighted by molar-refractivity contribution is -0.141. The van der Waals surface area contributed by atoms with Crippen LogP contribution in [0.1, 0.15) is 12.8 Å². The van der Waals surface area contributed by atoms with Crippen molar-refractivity contribution >= 4 is 22.3 Å². The van der Waals surface area contributed by atoms with Crippen LogP contribution in [-0.4, -0.2) is 33.3 Å². The summed E-state index contributed by atoms with van der Waals surface area (Å²) in [6.07, 6.45) is 2.42. The molecule has 12 heavy (non-hydrogen) atoms. The van der Waals surface area contributed by atoms with Crippen LogP contribution in [0, 0.1) is 0 Å². The fourth-order valence-electron chi connectivity index (χ4n) is 1.58. The number of carbonyl (C=O) groups excluding carboxylic acids is 2. The first-order chi connectivity index (χ1) is 5.74. The molecule has 1 atom stereocenters. The SMILES string of the molecule is O=C1CCC2=CC(O[SiH3])C(=O)N12. The molecule has 64 valence electrons. The van der Waals surface area contributed by atoms with Gasteiger partial charge in [-0.1, -0.05) is 0 Å². The zero-order valence-corrected chi connectivity index (χ0v) is 8.74. The van der Waals surface area contributed by atoms with Gasteiger partial charge >= 0.3 is 0 Å². The zero-order chi connectivity index (χ0) is 8.72. The molecule has 0 N–H and O–H groups in total.